The SMILES string of the molecule is CC(CC(=O)Oc1cc(I)c(S(=O)(=O)[O-])c(I)c1)C(=O)Oc1c(I)cc(I)cc1I. The predicted molar refractivity (Wildman–Crippen MR) is 149 cm³/mol. The van der Waals surface area contributed by atoms with Crippen LogP contribution in [-0.4, -0.2) is 24.9 Å². The van der Waals surface area contributed by atoms with Crippen LogP contribution in [0.25, 0.3) is 0 Å². The summed E-state index contributed by atoms with van der Waals surface area (Å²) in [6.07, 6.45) is -0.231. The summed E-state index contributed by atoms with van der Waals surface area (Å²) in [6, 6.07) is 6.31. The van der Waals surface area contributed by atoms with Gasteiger partial charge in [0.1, 0.15) is 15.9 Å². The average Bonchev–Trinajstić information content (AvgIpc) is 2.55. The van der Waals surface area contributed by atoms with Crippen LogP contribution in [0.1, 0.15) is 13.3 Å². The molecular formula is C17H10I5O7S-. The molecule has 0 aliphatic carbocycles. The lowest BCUT2D eigenvalue weighted by atomic mass is 10.1. The lowest BCUT2D eigenvalue weighted by Gasteiger charge is -2.15. The molecule has 0 N–H and O–H groups in total. The lowest BCUT2D eigenvalue weighted by Crippen LogP contribution is -2.23. The number of hydrogen-bond acceptors (Lipinski definition) is 7. The highest BCUT2D eigenvalue weighted by atomic mass is 127. The van der Waals surface area contributed by atoms with Gasteiger partial charge in [0.05, 0.1) is 24.4 Å². The smallest absolute Gasteiger partial charge is 0.314 e. The molecule has 2 aromatic rings. The van der Waals surface area contributed by atoms with Crippen molar-refractivity contribution >= 4 is 135 Å². The molecule has 0 radical (unpaired) electrons. The monoisotopic (exact) mass is 993 g/mol. The Morgan fingerprint density at radius 3 is 1.90 bits per heavy atom. The van der Waals surface area contributed by atoms with Crippen molar-refractivity contribution in [2.24, 2.45) is 5.92 Å². The first kappa shape index (κ1) is 27.2. The van der Waals surface area contributed by atoms with E-state index in [-0.39, 0.29) is 24.2 Å². The highest BCUT2D eigenvalue weighted by Crippen LogP contribution is 2.31. The Labute approximate surface area is 241 Å². The molecule has 1 unspecified atom stereocenters. The second-order valence-corrected chi connectivity index (χ2v) is 13.1. The minimum atomic E-state index is -4.65. The van der Waals surface area contributed by atoms with Crippen molar-refractivity contribution in [3.8, 4) is 11.5 Å². The average molecular weight is 993 g/mol. The molecule has 0 bridgehead atoms. The summed E-state index contributed by atoms with van der Waals surface area (Å²) in [5, 5.41) is 0. The summed E-state index contributed by atoms with van der Waals surface area (Å²) in [7, 11) is -4.65. The zero-order valence-electron chi connectivity index (χ0n) is 14.7. The number of esters is 2. The van der Waals surface area contributed by atoms with Gasteiger partial charge in [-0.2, -0.15) is 0 Å². The van der Waals surface area contributed by atoms with Crippen LogP contribution in [0.3, 0.4) is 0 Å². The Morgan fingerprint density at radius 1 is 0.933 bits per heavy atom. The molecule has 30 heavy (non-hydrogen) atoms. The van der Waals surface area contributed by atoms with Gasteiger partial charge in [-0.05, 0) is 137 Å². The number of carbonyl (C=O) groups excluding carboxylic acids is 2. The quantitative estimate of drug-likeness (QED) is 0.171. The number of ether oxygens (including phenoxy) is 2. The Bertz CT molecular complexity index is 1070. The molecular weight excluding hydrogens is 983 g/mol. The normalized spacial score (nSPS) is 12.4. The topological polar surface area (TPSA) is 110 Å². The predicted octanol–water partition coefficient (Wildman–Crippen LogP) is 5.15. The van der Waals surface area contributed by atoms with E-state index in [4.69, 9.17) is 9.47 Å². The van der Waals surface area contributed by atoms with E-state index in [1.54, 1.807) is 52.1 Å². The molecule has 13 heteroatoms. The van der Waals surface area contributed by atoms with Gasteiger partial charge in [0, 0.05) is 10.7 Å². The van der Waals surface area contributed by atoms with E-state index in [0.717, 1.165) is 10.7 Å². The van der Waals surface area contributed by atoms with E-state index in [1.807, 2.05) is 12.1 Å². The number of carbonyl (C=O) groups is 2. The third-order valence-electron chi connectivity index (χ3n) is 3.49. The number of hydrogen-bond donors (Lipinski definition) is 0. The number of rotatable bonds is 6. The molecule has 0 saturated carbocycles. The van der Waals surface area contributed by atoms with Crippen LogP contribution in [-0.2, 0) is 19.7 Å². The van der Waals surface area contributed by atoms with Crippen LogP contribution < -0.4 is 9.47 Å². The van der Waals surface area contributed by atoms with Crippen molar-refractivity contribution in [2.75, 3.05) is 0 Å². The van der Waals surface area contributed by atoms with Gasteiger partial charge in [-0.15, -0.1) is 0 Å². The highest BCUT2D eigenvalue weighted by Gasteiger charge is 2.23. The molecule has 0 heterocycles. The largest absolute Gasteiger partial charge is 0.744 e. The molecule has 2 rings (SSSR count). The summed E-state index contributed by atoms with van der Waals surface area (Å²) in [6.45, 7) is 1.55. The Kier molecular flexibility index (Phi) is 10.3. The van der Waals surface area contributed by atoms with Gasteiger partial charge in [-0.25, -0.2) is 8.42 Å². The van der Waals surface area contributed by atoms with Crippen molar-refractivity contribution in [1.29, 1.82) is 0 Å². The van der Waals surface area contributed by atoms with E-state index >= 15 is 0 Å². The fraction of sp³-hybridized carbons (Fsp3) is 0.176. The third-order valence-corrected chi connectivity index (χ3v) is 9.09. The van der Waals surface area contributed by atoms with Gasteiger partial charge in [-0.1, -0.05) is 6.92 Å². The second-order valence-electron chi connectivity index (χ2n) is 5.87. The standard InChI is InChI=1S/C17H11I5O7S/c1-7(17(24)29-15-10(19)3-8(18)4-11(15)20)2-14(23)28-9-5-12(21)16(13(22)6-9)30(25,26)27/h3-7H,2H2,1H3,(H,25,26,27)/p-1. The molecule has 0 aromatic heterocycles. The summed E-state index contributed by atoms with van der Waals surface area (Å²) >= 11 is 9.70. The van der Waals surface area contributed by atoms with Gasteiger partial charge in [0.15, 0.2) is 5.75 Å². The molecule has 0 amide bonds. The number of halogens is 5. The van der Waals surface area contributed by atoms with Gasteiger partial charge in [-0.3, -0.25) is 9.59 Å². The first-order valence-electron chi connectivity index (χ1n) is 7.81. The maximum Gasteiger partial charge on any atom is 0.314 e. The van der Waals surface area contributed by atoms with Crippen LogP contribution in [0.4, 0.5) is 0 Å². The molecule has 0 saturated heterocycles. The van der Waals surface area contributed by atoms with Crippen molar-refractivity contribution < 1.29 is 32.0 Å². The minimum Gasteiger partial charge on any atom is -0.744 e. The first-order valence-corrected chi connectivity index (χ1v) is 14.6. The van der Waals surface area contributed by atoms with Crippen LogP contribution in [0.15, 0.2) is 29.2 Å². The summed E-state index contributed by atoms with van der Waals surface area (Å²) in [5.74, 6) is -1.48. The van der Waals surface area contributed by atoms with Crippen LogP contribution >= 0.6 is 113 Å². The first-order chi connectivity index (χ1) is 13.8. The van der Waals surface area contributed by atoms with E-state index in [2.05, 4.69) is 67.8 Å². The Morgan fingerprint density at radius 2 is 1.43 bits per heavy atom. The summed E-state index contributed by atoms with van der Waals surface area (Å²) in [5.41, 5.74) is 0. The molecule has 0 aliphatic rings. The molecule has 0 aliphatic heterocycles. The fourth-order valence-corrected chi connectivity index (χ4v) is 9.90. The van der Waals surface area contributed by atoms with Gasteiger partial charge in [0.25, 0.3) is 0 Å². The Hall–Kier alpha value is 0.940. The van der Waals surface area contributed by atoms with Gasteiger partial charge in [0.2, 0.25) is 0 Å². The van der Waals surface area contributed by atoms with Crippen LogP contribution in [0.5, 0.6) is 11.5 Å². The Balaban J connectivity index is 2.07. The van der Waals surface area contributed by atoms with Gasteiger partial charge >= 0.3 is 11.9 Å². The highest BCUT2D eigenvalue weighted by molar-refractivity contribution is 14.1. The van der Waals surface area contributed by atoms with E-state index in [9.17, 15) is 22.6 Å². The van der Waals surface area contributed by atoms with Crippen molar-refractivity contribution in [1.82, 2.24) is 0 Å². The van der Waals surface area contributed by atoms with Crippen LogP contribution in [0.2, 0.25) is 0 Å². The summed E-state index contributed by atoms with van der Waals surface area (Å²) < 4.78 is 47.5. The molecule has 7 nitrogen and oxygen atoms in total. The lowest BCUT2D eigenvalue weighted by molar-refractivity contribution is -0.144. The maximum absolute atomic E-state index is 12.4. The second kappa shape index (κ2) is 11.4. The zero-order valence-corrected chi connectivity index (χ0v) is 26.4. The molecule has 1 atom stereocenters. The van der Waals surface area contributed by atoms with Crippen molar-refractivity contribution in [3.63, 3.8) is 0 Å². The van der Waals surface area contributed by atoms with Gasteiger partial charge < -0.3 is 14.0 Å². The zero-order chi connectivity index (χ0) is 22.8. The minimum absolute atomic E-state index is 0.0866. The van der Waals surface area contributed by atoms with Crippen LogP contribution in [0, 0.1) is 23.8 Å². The fourth-order valence-electron chi connectivity index (χ4n) is 2.17. The van der Waals surface area contributed by atoms with E-state index in [0.29, 0.717) is 5.75 Å². The third kappa shape index (κ3) is 7.48. The molecule has 162 valence electrons. The van der Waals surface area contributed by atoms with E-state index in [1.165, 1.54) is 12.1 Å². The maximum atomic E-state index is 12.4. The molecule has 0 spiro atoms. The molecule has 0 fully saturated rings. The van der Waals surface area contributed by atoms with E-state index < -0.39 is 28.0 Å². The number of benzene rings is 2. The van der Waals surface area contributed by atoms with Crippen molar-refractivity contribution in [2.45, 2.75) is 18.2 Å². The van der Waals surface area contributed by atoms with Crippen molar-refractivity contribution in [3.05, 3.63) is 42.1 Å². The summed E-state index contributed by atoms with van der Waals surface area (Å²) in [4.78, 5) is 24.3. The molecule has 2 aromatic carbocycles.